The van der Waals surface area contributed by atoms with Crippen molar-refractivity contribution in [3.05, 3.63) is 48.2 Å². The van der Waals surface area contributed by atoms with E-state index in [1.165, 1.54) is 4.57 Å². The van der Waals surface area contributed by atoms with Crippen molar-refractivity contribution in [3.8, 4) is 12.1 Å². The number of carbonyl (C=O) groups excluding carboxylic acids is 2. The second-order valence-corrected chi connectivity index (χ2v) is 12.0. The maximum absolute atomic E-state index is 13.2. The van der Waals surface area contributed by atoms with E-state index in [0.29, 0.717) is 43.1 Å². The normalized spacial score (nSPS) is 19.3. The molecule has 228 valence electrons. The molecule has 1 aromatic carbocycles. The Morgan fingerprint density at radius 1 is 1.05 bits per heavy atom. The van der Waals surface area contributed by atoms with E-state index in [-0.39, 0.29) is 25.1 Å². The fourth-order valence-corrected chi connectivity index (χ4v) is 5.49. The molecule has 0 N–H and O–H groups in total. The van der Waals surface area contributed by atoms with Gasteiger partial charge in [-0.2, -0.15) is 15.2 Å². The Morgan fingerprint density at radius 2 is 1.84 bits per heavy atom. The predicted octanol–water partition coefficient (Wildman–Crippen LogP) is 4.43. The van der Waals surface area contributed by atoms with Gasteiger partial charge in [-0.1, -0.05) is 30.3 Å². The van der Waals surface area contributed by atoms with Crippen LogP contribution in [0.25, 0.3) is 11.0 Å². The Bertz CT molecular complexity index is 1480. The molecular formula is C31H39N7O5. The van der Waals surface area contributed by atoms with Crippen LogP contribution in [0.5, 0.6) is 6.01 Å². The van der Waals surface area contributed by atoms with Crippen LogP contribution in [0, 0.1) is 11.3 Å². The molecule has 5 rings (SSSR count). The number of amides is 1. The first-order valence-corrected chi connectivity index (χ1v) is 14.7. The van der Waals surface area contributed by atoms with Gasteiger partial charge in [0, 0.05) is 31.9 Å². The van der Waals surface area contributed by atoms with Crippen molar-refractivity contribution < 1.29 is 23.8 Å². The van der Waals surface area contributed by atoms with Crippen molar-refractivity contribution in [2.45, 2.75) is 64.3 Å². The lowest BCUT2D eigenvalue weighted by molar-refractivity contribution is 0.0544. The number of piperazine rings is 1. The van der Waals surface area contributed by atoms with Gasteiger partial charge in [-0.3, -0.25) is 0 Å². The molecule has 2 saturated heterocycles. The highest BCUT2D eigenvalue weighted by Crippen LogP contribution is 2.31. The average Bonchev–Trinajstić information content (AvgIpc) is 3.60. The first-order chi connectivity index (χ1) is 20.6. The molecule has 0 radical (unpaired) electrons. The molecule has 12 nitrogen and oxygen atoms in total. The Hall–Kier alpha value is -4.37. The summed E-state index contributed by atoms with van der Waals surface area (Å²) in [6, 6.07) is 13.4. The van der Waals surface area contributed by atoms with Gasteiger partial charge >= 0.3 is 18.2 Å². The lowest BCUT2D eigenvalue weighted by atomic mass is 10.1. The van der Waals surface area contributed by atoms with Crippen LogP contribution in [-0.2, 0) is 16.1 Å². The number of ether oxygens (including phenoxy) is 3. The molecule has 43 heavy (non-hydrogen) atoms. The summed E-state index contributed by atoms with van der Waals surface area (Å²) < 4.78 is 18.8. The molecule has 2 aromatic heterocycles. The highest BCUT2D eigenvalue weighted by molar-refractivity contribution is 5.94. The van der Waals surface area contributed by atoms with Crippen molar-refractivity contribution in [2.75, 3.05) is 44.7 Å². The average molecular weight is 590 g/mol. The molecule has 12 heteroatoms. The minimum absolute atomic E-state index is 0.107. The molecule has 0 bridgehead atoms. The quantitative estimate of drug-likeness (QED) is 0.391. The summed E-state index contributed by atoms with van der Waals surface area (Å²) in [5, 5.41) is 9.62. The van der Waals surface area contributed by atoms with Crippen LogP contribution in [0.1, 0.15) is 45.6 Å². The Morgan fingerprint density at radius 3 is 2.53 bits per heavy atom. The molecule has 2 atom stereocenters. The lowest BCUT2D eigenvalue weighted by Gasteiger charge is -2.40. The Kier molecular flexibility index (Phi) is 9.01. The molecule has 1 amide bonds. The standard InChI is InChI=1S/C31H39N7O5/c1-31(2,3)43-30(40)38-16-13-25-26(38)27(34-28(33-25)41-21-24-11-8-15-35(24)4)36-17-18-37(23(19-36)12-14-32)29(39)42-20-22-9-6-5-7-10-22/h5-7,9-10,13,16,23-24H,8,11-12,15,17-21H2,1-4H3/t23-,24-/m0/s1. The molecular weight excluding hydrogens is 550 g/mol. The van der Waals surface area contributed by atoms with E-state index in [1.807, 2.05) is 56.0 Å². The van der Waals surface area contributed by atoms with Crippen LogP contribution in [-0.4, -0.2) is 94.0 Å². The van der Waals surface area contributed by atoms with Gasteiger partial charge in [0.15, 0.2) is 5.82 Å². The zero-order chi connectivity index (χ0) is 30.6. The number of fused-ring (bicyclic) bond motifs is 1. The van der Waals surface area contributed by atoms with E-state index >= 15 is 0 Å². The van der Waals surface area contributed by atoms with Gasteiger partial charge in [0.25, 0.3) is 0 Å². The Labute approximate surface area is 251 Å². The van der Waals surface area contributed by atoms with Gasteiger partial charge in [0.05, 0.1) is 24.0 Å². The summed E-state index contributed by atoms with van der Waals surface area (Å²) in [4.78, 5) is 41.6. The topological polar surface area (TPSA) is 126 Å². The summed E-state index contributed by atoms with van der Waals surface area (Å²) >= 11 is 0. The van der Waals surface area contributed by atoms with Gasteiger partial charge in [-0.05, 0) is 58.8 Å². The van der Waals surface area contributed by atoms with Crippen LogP contribution < -0.4 is 9.64 Å². The predicted molar refractivity (Wildman–Crippen MR) is 160 cm³/mol. The van der Waals surface area contributed by atoms with Crippen LogP contribution >= 0.6 is 0 Å². The monoisotopic (exact) mass is 589 g/mol. The van der Waals surface area contributed by atoms with E-state index in [1.54, 1.807) is 17.2 Å². The van der Waals surface area contributed by atoms with Crippen molar-refractivity contribution in [1.82, 2.24) is 24.3 Å². The van der Waals surface area contributed by atoms with Gasteiger partial charge in [0.2, 0.25) is 0 Å². The van der Waals surface area contributed by atoms with Gasteiger partial charge < -0.3 is 28.9 Å². The largest absolute Gasteiger partial charge is 0.462 e. The fourth-order valence-electron chi connectivity index (χ4n) is 5.49. The Balaban J connectivity index is 1.42. The number of likely N-dealkylation sites (N-methyl/N-ethyl adjacent to an activating group) is 1. The third-order valence-electron chi connectivity index (χ3n) is 7.71. The number of anilines is 1. The number of rotatable bonds is 7. The zero-order valence-corrected chi connectivity index (χ0v) is 25.2. The molecule has 2 aliphatic rings. The highest BCUT2D eigenvalue weighted by atomic mass is 16.6. The van der Waals surface area contributed by atoms with Crippen LogP contribution in [0.3, 0.4) is 0 Å². The molecule has 0 saturated carbocycles. The third kappa shape index (κ3) is 7.17. The minimum Gasteiger partial charge on any atom is -0.462 e. The summed E-state index contributed by atoms with van der Waals surface area (Å²) in [5.41, 5.74) is 1.20. The second-order valence-electron chi connectivity index (χ2n) is 12.0. The number of nitrogens with zero attached hydrogens (tertiary/aromatic N) is 7. The van der Waals surface area contributed by atoms with E-state index in [2.05, 4.69) is 23.0 Å². The molecule has 2 fully saturated rings. The molecule has 3 aromatic rings. The summed E-state index contributed by atoms with van der Waals surface area (Å²) in [5.74, 6) is 0.482. The molecule has 2 aliphatic heterocycles. The number of benzene rings is 1. The van der Waals surface area contributed by atoms with Crippen molar-refractivity contribution in [2.24, 2.45) is 0 Å². The number of likely N-dealkylation sites (tertiary alicyclic amines) is 1. The molecule has 0 spiro atoms. The number of nitriles is 1. The van der Waals surface area contributed by atoms with Crippen molar-refractivity contribution in [3.63, 3.8) is 0 Å². The SMILES string of the molecule is CN1CCC[C@H]1COc1nc(N2CCN(C(=O)OCc3ccccc3)[C@@H](CC#N)C2)c2c(ccn2C(=O)OC(C)(C)C)n1. The van der Waals surface area contributed by atoms with Crippen LogP contribution in [0.15, 0.2) is 42.6 Å². The minimum atomic E-state index is -0.700. The van der Waals surface area contributed by atoms with Gasteiger partial charge in [-0.25, -0.2) is 14.2 Å². The number of hydrogen-bond acceptors (Lipinski definition) is 10. The van der Waals surface area contributed by atoms with E-state index in [0.717, 1.165) is 24.9 Å². The molecule has 0 unspecified atom stereocenters. The third-order valence-corrected chi connectivity index (χ3v) is 7.71. The number of aromatic nitrogens is 3. The fraction of sp³-hybridized carbons (Fsp3) is 0.516. The first kappa shape index (κ1) is 30.1. The maximum atomic E-state index is 13.2. The summed E-state index contributed by atoms with van der Waals surface area (Å²) in [7, 11) is 2.08. The van der Waals surface area contributed by atoms with Crippen molar-refractivity contribution >= 4 is 29.0 Å². The van der Waals surface area contributed by atoms with Gasteiger partial charge in [-0.15, -0.1) is 0 Å². The first-order valence-electron chi connectivity index (χ1n) is 14.7. The number of hydrogen-bond donors (Lipinski definition) is 0. The van der Waals surface area contributed by atoms with Gasteiger partial charge in [0.1, 0.15) is 24.3 Å². The lowest BCUT2D eigenvalue weighted by Crippen LogP contribution is -2.55. The second kappa shape index (κ2) is 12.9. The summed E-state index contributed by atoms with van der Waals surface area (Å²) in [6.07, 6.45) is 2.86. The number of carbonyl (C=O) groups is 2. The highest BCUT2D eigenvalue weighted by Gasteiger charge is 2.34. The maximum Gasteiger partial charge on any atom is 0.419 e. The van der Waals surface area contributed by atoms with E-state index in [9.17, 15) is 14.9 Å². The smallest absolute Gasteiger partial charge is 0.419 e. The van der Waals surface area contributed by atoms with Crippen LogP contribution in [0.2, 0.25) is 0 Å². The van der Waals surface area contributed by atoms with E-state index < -0.39 is 23.8 Å². The van der Waals surface area contributed by atoms with Crippen molar-refractivity contribution in [1.29, 1.82) is 5.26 Å². The summed E-state index contributed by atoms with van der Waals surface area (Å²) in [6.45, 7) is 8.06. The van der Waals surface area contributed by atoms with E-state index in [4.69, 9.17) is 19.2 Å². The molecule has 4 heterocycles. The zero-order valence-electron chi connectivity index (χ0n) is 25.2. The molecule has 0 aliphatic carbocycles. The van der Waals surface area contributed by atoms with Crippen LogP contribution in [0.4, 0.5) is 15.4 Å².